The molecule has 1 aromatic heterocycles. The lowest BCUT2D eigenvalue weighted by Crippen LogP contribution is -2.23. The van der Waals surface area contributed by atoms with Gasteiger partial charge in [0.05, 0.1) is 13.6 Å². The Labute approximate surface area is 142 Å². The molecule has 2 rings (SSSR count). The lowest BCUT2D eigenvalue weighted by atomic mass is 9.99. The molecule has 1 heterocycles. The fourth-order valence-electron chi connectivity index (χ4n) is 2.19. The SMILES string of the molecule is CCCNC(c1ccc(CC)cc1)c1cc(Br)sc1Br. The van der Waals surface area contributed by atoms with Crippen LogP contribution in [0, 0.1) is 0 Å². The van der Waals surface area contributed by atoms with Crippen molar-refractivity contribution in [1.82, 2.24) is 5.32 Å². The van der Waals surface area contributed by atoms with Gasteiger partial charge in [0.25, 0.3) is 0 Å². The Morgan fingerprint density at radius 1 is 1.15 bits per heavy atom. The maximum atomic E-state index is 3.68. The summed E-state index contributed by atoms with van der Waals surface area (Å²) in [6, 6.07) is 11.4. The molecular formula is C16H19Br2NS. The normalized spacial score (nSPS) is 12.6. The van der Waals surface area contributed by atoms with Crippen LogP contribution in [0.4, 0.5) is 0 Å². The van der Waals surface area contributed by atoms with Crippen LogP contribution in [0.2, 0.25) is 0 Å². The van der Waals surface area contributed by atoms with Crippen LogP contribution in [-0.2, 0) is 6.42 Å². The molecule has 4 heteroatoms. The molecule has 1 N–H and O–H groups in total. The van der Waals surface area contributed by atoms with Gasteiger partial charge in [-0.2, -0.15) is 0 Å². The number of halogens is 2. The molecule has 20 heavy (non-hydrogen) atoms. The van der Waals surface area contributed by atoms with Gasteiger partial charge in [0.1, 0.15) is 0 Å². The first-order valence-electron chi connectivity index (χ1n) is 6.92. The summed E-state index contributed by atoms with van der Waals surface area (Å²) < 4.78 is 2.35. The van der Waals surface area contributed by atoms with E-state index in [-0.39, 0.29) is 6.04 Å². The molecule has 2 aromatic rings. The molecule has 1 aromatic carbocycles. The highest BCUT2D eigenvalue weighted by Gasteiger charge is 2.18. The average molecular weight is 417 g/mol. The topological polar surface area (TPSA) is 12.0 Å². The fourth-order valence-corrected chi connectivity index (χ4v) is 5.09. The summed E-state index contributed by atoms with van der Waals surface area (Å²) >= 11 is 8.99. The van der Waals surface area contributed by atoms with Gasteiger partial charge in [0, 0.05) is 0 Å². The van der Waals surface area contributed by atoms with E-state index in [1.54, 1.807) is 11.3 Å². The summed E-state index contributed by atoms with van der Waals surface area (Å²) in [4.78, 5) is 0. The maximum Gasteiger partial charge on any atom is 0.0761 e. The standard InChI is InChI=1S/C16H19Br2NS/c1-3-9-19-15(13-10-14(17)20-16(13)18)12-7-5-11(4-2)6-8-12/h5-8,10,15,19H,3-4,9H2,1-2H3. The van der Waals surface area contributed by atoms with Gasteiger partial charge in [-0.05, 0) is 74.0 Å². The predicted octanol–water partition coefficient (Wildman–Crippen LogP) is 5.92. The number of hydrogen-bond acceptors (Lipinski definition) is 2. The maximum absolute atomic E-state index is 3.68. The molecule has 0 aliphatic carbocycles. The Hall–Kier alpha value is -0.160. The molecule has 0 amide bonds. The first-order chi connectivity index (χ1) is 9.65. The quantitative estimate of drug-likeness (QED) is 0.615. The molecule has 0 fully saturated rings. The van der Waals surface area contributed by atoms with E-state index >= 15 is 0 Å². The Morgan fingerprint density at radius 3 is 2.35 bits per heavy atom. The summed E-state index contributed by atoms with van der Waals surface area (Å²) in [5.41, 5.74) is 4.01. The van der Waals surface area contributed by atoms with Gasteiger partial charge < -0.3 is 5.32 Å². The molecule has 0 saturated carbocycles. The van der Waals surface area contributed by atoms with Crippen molar-refractivity contribution in [3.63, 3.8) is 0 Å². The van der Waals surface area contributed by atoms with Crippen molar-refractivity contribution in [3.05, 3.63) is 54.6 Å². The van der Waals surface area contributed by atoms with Crippen molar-refractivity contribution < 1.29 is 0 Å². The molecule has 1 atom stereocenters. The van der Waals surface area contributed by atoms with Crippen LogP contribution in [0.25, 0.3) is 0 Å². The highest BCUT2D eigenvalue weighted by atomic mass is 79.9. The monoisotopic (exact) mass is 415 g/mol. The van der Waals surface area contributed by atoms with E-state index in [1.165, 1.54) is 20.5 Å². The fraction of sp³-hybridized carbons (Fsp3) is 0.375. The zero-order valence-corrected chi connectivity index (χ0v) is 15.7. The second-order valence-corrected chi connectivity index (χ2v) is 8.51. The molecule has 108 valence electrons. The van der Waals surface area contributed by atoms with Crippen LogP contribution in [-0.4, -0.2) is 6.54 Å². The molecule has 1 nitrogen and oxygen atoms in total. The Balaban J connectivity index is 2.33. The largest absolute Gasteiger partial charge is 0.306 e. The lowest BCUT2D eigenvalue weighted by Gasteiger charge is -2.19. The molecule has 0 aliphatic rings. The van der Waals surface area contributed by atoms with Crippen molar-refractivity contribution >= 4 is 43.2 Å². The summed E-state index contributed by atoms with van der Waals surface area (Å²) in [6.45, 7) is 5.40. The molecule has 0 spiro atoms. The minimum Gasteiger partial charge on any atom is -0.306 e. The van der Waals surface area contributed by atoms with Crippen LogP contribution in [0.5, 0.6) is 0 Å². The van der Waals surface area contributed by atoms with Crippen molar-refractivity contribution in [2.24, 2.45) is 0 Å². The van der Waals surface area contributed by atoms with Crippen molar-refractivity contribution in [2.75, 3.05) is 6.54 Å². The second kappa shape index (κ2) is 7.74. The van der Waals surface area contributed by atoms with Gasteiger partial charge in [-0.25, -0.2) is 0 Å². The van der Waals surface area contributed by atoms with Gasteiger partial charge in [-0.15, -0.1) is 11.3 Å². The van der Waals surface area contributed by atoms with E-state index in [9.17, 15) is 0 Å². The third-order valence-corrected chi connectivity index (χ3v) is 5.70. The number of hydrogen-bond donors (Lipinski definition) is 1. The third kappa shape index (κ3) is 3.94. The Morgan fingerprint density at radius 2 is 1.85 bits per heavy atom. The van der Waals surface area contributed by atoms with Crippen LogP contribution in [0.15, 0.2) is 37.9 Å². The molecule has 1 unspecified atom stereocenters. The first kappa shape index (κ1) is 16.2. The molecule has 0 saturated heterocycles. The summed E-state index contributed by atoms with van der Waals surface area (Å²) in [5.74, 6) is 0. The van der Waals surface area contributed by atoms with Crippen molar-refractivity contribution in [2.45, 2.75) is 32.7 Å². The minimum absolute atomic E-state index is 0.248. The van der Waals surface area contributed by atoms with Crippen LogP contribution >= 0.6 is 43.2 Å². The lowest BCUT2D eigenvalue weighted by molar-refractivity contribution is 0.598. The zero-order chi connectivity index (χ0) is 14.5. The van der Waals surface area contributed by atoms with Crippen LogP contribution in [0.3, 0.4) is 0 Å². The number of benzene rings is 1. The Bertz CT molecular complexity index is 548. The van der Waals surface area contributed by atoms with E-state index in [4.69, 9.17) is 0 Å². The number of rotatable bonds is 6. The van der Waals surface area contributed by atoms with E-state index in [1.807, 2.05) is 0 Å². The summed E-state index contributed by atoms with van der Waals surface area (Å²) in [7, 11) is 0. The predicted molar refractivity (Wildman–Crippen MR) is 95.7 cm³/mol. The molecule has 0 radical (unpaired) electrons. The number of nitrogens with one attached hydrogen (secondary N) is 1. The molecule has 0 bridgehead atoms. The van der Waals surface area contributed by atoms with Gasteiger partial charge in [-0.3, -0.25) is 0 Å². The van der Waals surface area contributed by atoms with Crippen LogP contribution in [0.1, 0.15) is 43.0 Å². The third-order valence-electron chi connectivity index (χ3n) is 3.31. The van der Waals surface area contributed by atoms with Crippen LogP contribution < -0.4 is 5.32 Å². The zero-order valence-electron chi connectivity index (χ0n) is 11.7. The second-order valence-electron chi connectivity index (χ2n) is 4.76. The van der Waals surface area contributed by atoms with Crippen molar-refractivity contribution in [1.29, 1.82) is 0 Å². The number of thiophene rings is 1. The highest BCUT2D eigenvalue weighted by Crippen LogP contribution is 2.37. The smallest absolute Gasteiger partial charge is 0.0761 e. The summed E-state index contributed by atoms with van der Waals surface area (Å²) in [5, 5.41) is 3.65. The Kier molecular flexibility index (Phi) is 6.27. The molecule has 0 aliphatic heterocycles. The van der Waals surface area contributed by atoms with Gasteiger partial charge >= 0.3 is 0 Å². The van der Waals surface area contributed by atoms with Gasteiger partial charge in [-0.1, -0.05) is 38.1 Å². The highest BCUT2D eigenvalue weighted by molar-refractivity contribution is 9.12. The first-order valence-corrected chi connectivity index (χ1v) is 9.32. The van der Waals surface area contributed by atoms with E-state index in [0.717, 1.165) is 23.2 Å². The van der Waals surface area contributed by atoms with Gasteiger partial charge in [0.2, 0.25) is 0 Å². The summed E-state index contributed by atoms with van der Waals surface area (Å²) in [6.07, 6.45) is 2.22. The van der Waals surface area contributed by atoms with E-state index in [2.05, 4.69) is 81.4 Å². The minimum atomic E-state index is 0.248. The average Bonchev–Trinajstić information content (AvgIpc) is 2.79. The number of aryl methyl sites for hydroxylation is 1. The van der Waals surface area contributed by atoms with E-state index < -0.39 is 0 Å². The van der Waals surface area contributed by atoms with Crippen molar-refractivity contribution in [3.8, 4) is 0 Å². The van der Waals surface area contributed by atoms with Gasteiger partial charge in [0.15, 0.2) is 0 Å². The van der Waals surface area contributed by atoms with E-state index in [0.29, 0.717) is 0 Å². The molecular weight excluding hydrogens is 398 g/mol.